The van der Waals surface area contributed by atoms with E-state index in [-0.39, 0.29) is 6.04 Å². The van der Waals surface area contributed by atoms with E-state index in [4.69, 9.17) is 9.97 Å². The van der Waals surface area contributed by atoms with E-state index in [9.17, 15) is 0 Å². The quantitative estimate of drug-likeness (QED) is 0.239. The third kappa shape index (κ3) is 6.08. The molecule has 0 fully saturated rings. The number of imidazole rings is 1. The molecule has 5 aromatic rings. The van der Waals surface area contributed by atoms with Gasteiger partial charge in [-0.15, -0.1) is 0 Å². The minimum atomic E-state index is 0.275. The van der Waals surface area contributed by atoms with Gasteiger partial charge in [-0.2, -0.15) is 0 Å². The van der Waals surface area contributed by atoms with Crippen LogP contribution in [0.1, 0.15) is 64.0 Å². The van der Waals surface area contributed by atoms with Crippen LogP contribution in [0.2, 0.25) is 0 Å². The second-order valence-electron chi connectivity index (χ2n) is 10.7. The van der Waals surface area contributed by atoms with Crippen LogP contribution >= 0.6 is 0 Å². The highest BCUT2D eigenvalue weighted by atomic mass is 15.2. The Morgan fingerprint density at radius 1 is 0.846 bits per heavy atom. The van der Waals surface area contributed by atoms with Crippen molar-refractivity contribution in [3.63, 3.8) is 0 Å². The van der Waals surface area contributed by atoms with Crippen LogP contribution in [0.3, 0.4) is 0 Å². The van der Waals surface area contributed by atoms with E-state index < -0.39 is 0 Å². The standard InChI is InChI=1S/C33H36N6/c1-23-17-27(18-24(2)36-23)20-34-19-25-12-14-26(15-13-25)21-39(22-32-37-29-9-3-4-10-30(29)38-32)31-11-5-7-28-8-6-16-35-33(28)31/h3-4,6,8-10,12-18,31,34H,5,7,11,19-22H2,1-2H3,(H,37,38). The van der Waals surface area contributed by atoms with Gasteiger partial charge in [-0.3, -0.25) is 14.9 Å². The summed E-state index contributed by atoms with van der Waals surface area (Å²) in [5.74, 6) is 1.00. The molecule has 0 radical (unpaired) electrons. The predicted octanol–water partition coefficient (Wildman–Crippen LogP) is 6.34. The van der Waals surface area contributed by atoms with Crippen molar-refractivity contribution in [3.05, 3.63) is 124 Å². The van der Waals surface area contributed by atoms with Crippen molar-refractivity contribution >= 4 is 11.0 Å². The van der Waals surface area contributed by atoms with Gasteiger partial charge in [0.1, 0.15) is 5.82 Å². The molecule has 1 aliphatic rings. The van der Waals surface area contributed by atoms with Gasteiger partial charge in [-0.25, -0.2) is 4.98 Å². The second-order valence-corrected chi connectivity index (χ2v) is 10.7. The molecule has 0 aliphatic heterocycles. The number of nitrogens with zero attached hydrogens (tertiary/aromatic N) is 4. The third-order valence-corrected chi connectivity index (χ3v) is 7.61. The zero-order valence-corrected chi connectivity index (χ0v) is 22.8. The summed E-state index contributed by atoms with van der Waals surface area (Å²) in [4.78, 5) is 20.3. The van der Waals surface area contributed by atoms with Crippen LogP contribution in [-0.4, -0.2) is 24.8 Å². The molecule has 6 rings (SSSR count). The van der Waals surface area contributed by atoms with Gasteiger partial charge in [0.15, 0.2) is 0 Å². The van der Waals surface area contributed by atoms with Gasteiger partial charge in [0.05, 0.1) is 29.3 Å². The van der Waals surface area contributed by atoms with Crippen LogP contribution in [0.25, 0.3) is 11.0 Å². The predicted molar refractivity (Wildman–Crippen MR) is 156 cm³/mol. The minimum Gasteiger partial charge on any atom is -0.341 e. The van der Waals surface area contributed by atoms with Crippen molar-refractivity contribution in [3.8, 4) is 0 Å². The Balaban J connectivity index is 1.18. The van der Waals surface area contributed by atoms with Crippen molar-refractivity contribution in [2.45, 2.75) is 65.3 Å². The summed E-state index contributed by atoms with van der Waals surface area (Å²) in [6, 6.07) is 26.2. The van der Waals surface area contributed by atoms with Gasteiger partial charge in [0.2, 0.25) is 0 Å². The number of benzene rings is 2. The topological polar surface area (TPSA) is 69.7 Å². The summed E-state index contributed by atoms with van der Waals surface area (Å²) in [5, 5.41) is 3.58. The van der Waals surface area contributed by atoms with Crippen LogP contribution < -0.4 is 5.32 Å². The first-order valence-corrected chi connectivity index (χ1v) is 13.9. The monoisotopic (exact) mass is 516 g/mol. The summed E-state index contributed by atoms with van der Waals surface area (Å²) >= 11 is 0. The lowest BCUT2D eigenvalue weighted by atomic mass is 9.90. The molecular formula is C33H36N6. The van der Waals surface area contributed by atoms with Gasteiger partial charge in [-0.1, -0.05) is 42.5 Å². The molecule has 2 aromatic carbocycles. The van der Waals surface area contributed by atoms with Crippen LogP contribution in [0.15, 0.2) is 79.0 Å². The van der Waals surface area contributed by atoms with Crippen LogP contribution in [0.4, 0.5) is 0 Å². The Morgan fingerprint density at radius 3 is 2.44 bits per heavy atom. The van der Waals surface area contributed by atoms with E-state index in [1.807, 2.05) is 12.3 Å². The number of H-pyrrole nitrogens is 1. The Kier molecular flexibility index (Phi) is 7.48. The number of hydrogen-bond acceptors (Lipinski definition) is 5. The lowest BCUT2D eigenvalue weighted by Gasteiger charge is -2.34. The Morgan fingerprint density at radius 2 is 1.62 bits per heavy atom. The molecule has 6 heteroatoms. The number of nitrogens with one attached hydrogen (secondary N) is 2. The average molecular weight is 517 g/mol. The summed E-state index contributed by atoms with van der Waals surface area (Å²) in [6.07, 6.45) is 5.34. The molecule has 6 nitrogen and oxygen atoms in total. The third-order valence-electron chi connectivity index (χ3n) is 7.61. The molecule has 2 N–H and O–H groups in total. The van der Waals surface area contributed by atoms with Gasteiger partial charge in [-0.05, 0) is 85.7 Å². The Labute approximate surface area is 230 Å². The maximum absolute atomic E-state index is 4.90. The van der Waals surface area contributed by atoms with Crippen molar-refractivity contribution < 1.29 is 0 Å². The average Bonchev–Trinajstić information content (AvgIpc) is 3.35. The van der Waals surface area contributed by atoms with Gasteiger partial charge in [0, 0.05) is 37.2 Å². The first kappa shape index (κ1) is 25.4. The first-order chi connectivity index (χ1) is 19.1. The Hall–Kier alpha value is -3.87. The van der Waals surface area contributed by atoms with E-state index in [2.05, 4.69) is 101 Å². The fraction of sp³-hybridized carbons (Fsp3) is 0.303. The molecule has 0 spiro atoms. The van der Waals surface area contributed by atoms with Crippen molar-refractivity contribution in [1.29, 1.82) is 0 Å². The number of hydrogen-bond donors (Lipinski definition) is 2. The highest BCUT2D eigenvalue weighted by Gasteiger charge is 2.28. The number of aromatic nitrogens is 4. The molecule has 0 bridgehead atoms. The second kappa shape index (κ2) is 11.5. The number of pyridine rings is 2. The van der Waals surface area contributed by atoms with Crippen LogP contribution in [0, 0.1) is 13.8 Å². The molecular weight excluding hydrogens is 480 g/mol. The number of para-hydroxylation sites is 2. The number of fused-ring (bicyclic) bond motifs is 2. The molecule has 198 valence electrons. The van der Waals surface area contributed by atoms with Crippen molar-refractivity contribution in [2.24, 2.45) is 0 Å². The fourth-order valence-corrected chi connectivity index (χ4v) is 5.86. The van der Waals surface area contributed by atoms with Crippen LogP contribution in [-0.2, 0) is 32.6 Å². The van der Waals surface area contributed by atoms with Gasteiger partial charge < -0.3 is 10.3 Å². The molecule has 1 aliphatic carbocycles. The molecule has 1 unspecified atom stereocenters. The maximum atomic E-state index is 4.90. The highest BCUT2D eigenvalue weighted by molar-refractivity contribution is 5.74. The molecule has 0 amide bonds. The number of rotatable bonds is 9. The van der Waals surface area contributed by atoms with E-state index >= 15 is 0 Å². The van der Waals surface area contributed by atoms with E-state index in [1.54, 1.807) is 0 Å². The summed E-state index contributed by atoms with van der Waals surface area (Å²) in [7, 11) is 0. The number of aromatic amines is 1. The van der Waals surface area contributed by atoms with Crippen molar-refractivity contribution in [2.75, 3.05) is 0 Å². The van der Waals surface area contributed by atoms with Gasteiger partial charge >= 0.3 is 0 Å². The normalized spacial score (nSPS) is 15.1. The summed E-state index contributed by atoms with van der Waals surface area (Å²) < 4.78 is 0. The lowest BCUT2D eigenvalue weighted by molar-refractivity contribution is 0.153. The largest absolute Gasteiger partial charge is 0.341 e. The molecule has 39 heavy (non-hydrogen) atoms. The van der Waals surface area contributed by atoms with Crippen molar-refractivity contribution in [1.82, 2.24) is 30.2 Å². The first-order valence-electron chi connectivity index (χ1n) is 13.9. The lowest BCUT2D eigenvalue weighted by Crippen LogP contribution is -2.31. The molecule has 0 saturated carbocycles. The minimum absolute atomic E-state index is 0.275. The molecule has 0 saturated heterocycles. The summed E-state index contributed by atoms with van der Waals surface area (Å²) in [5.41, 5.74) is 10.7. The fourth-order valence-electron chi connectivity index (χ4n) is 5.86. The highest BCUT2D eigenvalue weighted by Crippen LogP contribution is 2.34. The maximum Gasteiger partial charge on any atom is 0.121 e. The molecule has 3 aromatic heterocycles. The smallest absolute Gasteiger partial charge is 0.121 e. The number of aryl methyl sites for hydroxylation is 3. The van der Waals surface area contributed by atoms with E-state index in [0.717, 1.165) is 67.3 Å². The zero-order valence-electron chi connectivity index (χ0n) is 22.8. The Bertz CT molecular complexity index is 1500. The summed E-state index contributed by atoms with van der Waals surface area (Å²) in [6.45, 7) is 7.38. The SMILES string of the molecule is Cc1cc(CNCc2ccc(CN(Cc3nc4ccccc4[nH]3)C3CCCc4cccnc43)cc2)cc(C)n1. The van der Waals surface area contributed by atoms with E-state index in [1.165, 1.54) is 34.4 Å². The van der Waals surface area contributed by atoms with Crippen LogP contribution in [0.5, 0.6) is 0 Å². The molecule has 1 atom stereocenters. The molecule has 3 heterocycles. The van der Waals surface area contributed by atoms with Gasteiger partial charge in [0.25, 0.3) is 0 Å². The van der Waals surface area contributed by atoms with E-state index in [0.29, 0.717) is 0 Å². The zero-order chi connectivity index (χ0) is 26.6.